The molecule has 0 bridgehead atoms. The highest BCUT2D eigenvalue weighted by Crippen LogP contribution is 2.27. The molecule has 28 heavy (non-hydrogen) atoms. The van der Waals surface area contributed by atoms with Crippen LogP contribution in [0.25, 0.3) is 0 Å². The van der Waals surface area contributed by atoms with E-state index in [1.807, 2.05) is 30.3 Å². The fourth-order valence-electron chi connectivity index (χ4n) is 3.67. The highest BCUT2D eigenvalue weighted by Gasteiger charge is 2.39. The van der Waals surface area contributed by atoms with Crippen molar-refractivity contribution in [3.8, 4) is 11.8 Å². The van der Waals surface area contributed by atoms with Crippen molar-refractivity contribution >= 4 is 17.5 Å². The van der Waals surface area contributed by atoms with Crippen molar-refractivity contribution in [3.05, 3.63) is 42.7 Å². The monoisotopic (exact) mass is 382 g/mol. The lowest BCUT2D eigenvalue weighted by Crippen LogP contribution is -2.37. The normalized spacial score (nSPS) is 21.8. The summed E-state index contributed by atoms with van der Waals surface area (Å²) in [5.41, 5.74) is 0.835. The first-order valence-electron chi connectivity index (χ1n) is 9.31. The summed E-state index contributed by atoms with van der Waals surface area (Å²) in [5.74, 6) is 0.444. The van der Waals surface area contributed by atoms with Crippen LogP contribution in [0.3, 0.4) is 0 Å². The van der Waals surface area contributed by atoms with Gasteiger partial charge in [0.25, 0.3) is 0 Å². The molecule has 8 nitrogen and oxygen atoms in total. The van der Waals surface area contributed by atoms with Crippen LogP contribution in [-0.4, -0.2) is 59.5 Å². The van der Waals surface area contributed by atoms with Gasteiger partial charge < -0.3 is 19.3 Å². The molecule has 0 radical (unpaired) electrons. The first-order valence-corrected chi connectivity index (χ1v) is 9.31. The van der Waals surface area contributed by atoms with Crippen LogP contribution in [0.15, 0.2) is 42.7 Å². The van der Waals surface area contributed by atoms with Crippen LogP contribution in [0.4, 0.5) is 5.69 Å². The van der Waals surface area contributed by atoms with Crippen LogP contribution < -0.4 is 14.4 Å². The Bertz CT molecular complexity index is 860. The summed E-state index contributed by atoms with van der Waals surface area (Å²) in [7, 11) is 1.52. The number of likely N-dealkylation sites (tertiary alicyclic amines) is 1. The number of nitrogens with zero attached hydrogens (tertiary/aromatic N) is 4. The van der Waals surface area contributed by atoms with Crippen LogP contribution in [0.2, 0.25) is 0 Å². The Kier molecular flexibility index (Phi) is 5.10. The van der Waals surface area contributed by atoms with E-state index in [2.05, 4.69) is 9.97 Å². The number of aromatic nitrogens is 2. The summed E-state index contributed by atoms with van der Waals surface area (Å²) in [4.78, 5) is 37.0. The van der Waals surface area contributed by atoms with Gasteiger partial charge in [-0.1, -0.05) is 18.2 Å². The van der Waals surface area contributed by atoms with Crippen molar-refractivity contribution < 1.29 is 19.1 Å². The number of amides is 2. The molecular formula is C20H22N4O4. The van der Waals surface area contributed by atoms with Gasteiger partial charge in [-0.05, 0) is 12.1 Å². The summed E-state index contributed by atoms with van der Waals surface area (Å²) in [6.07, 6.45) is 3.85. The fraction of sp³-hybridized carbons (Fsp3) is 0.400. The Balaban J connectivity index is 1.35. The van der Waals surface area contributed by atoms with Gasteiger partial charge >= 0.3 is 0 Å². The largest absolute Gasteiger partial charge is 0.480 e. The van der Waals surface area contributed by atoms with Gasteiger partial charge in [0.05, 0.1) is 32.0 Å². The minimum Gasteiger partial charge on any atom is -0.480 e. The van der Waals surface area contributed by atoms with E-state index in [1.165, 1.54) is 19.5 Å². The third kappa shape index (κ3) is 3.76. The van der Waals surface area contributed by atoms with E-state index in [9.17, 15) is 9.59 Å². The molecule has 0 N–H and O–H groups in total. The number of benzene rings is 1. The van der Waals surface area contributed by atoms with Crippen LogP contribution in [0.1, 0.15) is 12.8 Å². The summed E-state index contributed by atoms with van der Waals surface area (Å²) in [6, 6.07) is 9.46. The van der Waals surface area contributed by atoms with Crippen molar-refractivity contribution in [2.45, 2.75) is 18.9 Å². The van der Waals surface area contributed by atoms with E-state index in [4.69, 9.17) is 9.47 Å². The average Bonchev–Trinajstić information content (AvgIpc) is 3.35. The van der Waals surface area contributed by atoms with E-state index in [-0.39, 0.29) is 30.3 Å². The van der Waals surface area contributed by atoms with Crippen LogP contribution >= 0.6 is 0 Å². The third-order valence-electron chi connectivity index (χ3n) is 5.09. The second kappa shape index (κ2) is 7.84. The molecule has 2 aliphatic heterocycles. The van der Waals surface area contributed by atoms with E-state index in [0.29, 0.717) is 37.8 Å². The summed E-state index contributed by atoms with van der Waals surface area (Å²) in [5, 5.41) is 0. The Morgan fingerprint density at radius 3 is 2.71 bits per heavy atom. The van der Waals surface area contributed by atoms with Crippen molar-refractivity contribution in [2.75, 3.05) is 31.6 Å². The number of rotatable bonds is 5. The first-order chi connectivity index (χ1) is 13.6. The number of anilines is 1. The molecule has 146 valence electrons. The number of hydrogen-bond acceptors (Lipinski definition) is 6. The predicted octanol–water partition coefficient (Wildman–Crippen LogP) is 1.52. The topological polar surface area (TPSA) is 84.9 Å². The molecule has 2 aliphatic rings. The Morgan fingerprint density at radius 2 is 1.93 bits per heavy atom. The van der Waals surface area contributed by atoms with Gasteiger partial charge in [0.15, 0.2) is 0 Å². The number of methoxy groups -OCH3 is 1. The Morgan fingerprint density at radius 1 is 1.14 bits per heavy atom. The number of hydrogen-bond donors (Lipinski definition) is 0. The van der Waals surface area contributed by atoms with Gasteiger partial charge in [-0.2, -0.15) is 4.98 Å². The molecule has 4 rings (SSSR count). The highest BCUT2D eigenvalue weighted by molar-refractivity contribution is 6.00. The van der Waals surface area contributed by atoms with E-state index < -0.39 is 0 Å². The molecule has 0 spiro atoms. The van der Waals surface area contributed by atoms with Gasteiger partial charge in [0.2, 0.25) is 23.6 Å². The molecule has 1 aromatic heterocycles. The van der Waals surface area contributed by atoms with Crippen LogP contribution in [-0.2, 0) is 9.59 Å². The lowest BCUT2D eigenvalue weighted by atomic mass is 10.1. The van der Waals surface area contributed by atoms with Crippen molar-refractivity contribution in [1.82, 2.24) is 14.9 Å². The molecular weight excluding hydrogens is 360 g/mol. The summed E-state index contributed by atoms with van der Waals surface area (Å²) >= 11 is 0. The first kappa shape index (κ1) is 18.2. The number of para-hydroxylation sites is 1. The third-order valence-corrected chi connectivity index (χ3v) is 5.09. The maximum absolute atomic E-state index is 12.9. The molecule has 2 atom stereocenters. The molecule has 2 amide bonds. The zero-order chi connectivity index (χ0) is 19.5. The molecule has 2 saturated heterocycles. The molecule has 8 heteroatoms. The summed E-state index contributed by atoms with van der Waals surface area (Å²) < 4.78 is 10.9. The number of ether oxygens (including phenoxy) is 2. The smallest absolute Gasteiger partial charge is 0.235 e. The van der Waals surface area contributed by atoms with Gasteiger partial charge in [-0.15, -0.1) is 0 Å². The summed E-state index contributed by atoms with van der Waals surface area (Å²) in [6.45, 7) is 1.51. The molecule has 2 fully saturated rings. The molecule has 0 saturated carbocycles. The highest BCUT2D eigenvalue weighted by atomic mass is 16.5. The van der Waals surface area contributed by atoms with Gasteiger partial charge in [0, 0.05) is 31.6 Å². The number of carbonyl (C=O) groups excluding carboxylic acids is 2. The molecule has 3 heterocycles. The zero-order valence-corrected chi connectivity index (χ0v) is 15.7. The lowest BCUT2D eigenvalue weighted by Gasteiger charge is -2.21. The van der Waals surface area contributed by atoms with E-state index in [1.54, 1.807) is 9.80 Å². The van der Waals surface area contributed by atoms with Gasteiger partial charge in [-0.25, -0.2) is 0 Å². The second-order valence-electron chi connectivity index (χ2n) is 6.95. The quantitative estimate of drug-likeness (QED) is 0.780. The zero-order valence-electron chi connectivity index (χ0n) is 15.7. The molecule has 1 aromatic carbocycles. The van der Waals surface area contributed by atoms with Gasteiger partial charge in [-0.3, -0.25) is 14.6 Å². The van der Waals surface area contributed by atoms with Crippen molar-refractivity contribution in [2.24, 2.45) is 5.92 Å². The average molecular weight is 382 g/mol. The van der Waals surface area contributed by atoms with Crippen molar-refractivity contribution in [3.63, 3.8) is 0 Å². The SMILES string of the molecule is COc1cncc(OC2CCN(C(=O)C3CC(=O)N(c4ccccc4)C3)C2)n1. The lowest BCUT2D eigenvalue weighted by molar-refractivity contribution is -0.135. The minimum absolute atomic E-state index is 0.00890. The van der Waals surface area contributed by atoms with Gasteiger partial charge in [0.1, 0.15) is 6.10 Å². The standard InChI is InChI=1S/C20H22N4O4/c1-27-17-10-21-11-18(22-17)28-16-7-8-23(13-16)20(26)14-9-19(25)24(12-14)15-5-3-2-4-6-15/h2-6,10-11,14,16H,7-9,12-13H2,1H3. The Hall–Kier alpha value is -3.16. The molecule has 2 aromatic rings. The Labute approximate surface area is 163 Å². The predicted molar refractivity (Wildman–Crippen MR) is 101 cm³/mol. The number of carbonyl (C=O) groups is 2. The van der Waals surface area contributed by atoms with E-state index in [0.717, 1.165) is 5.69 Å². The van der Waals surface area contributed by atoms with E-state index >= 15 is 0 Å². The maximum Gasteiger partial charge on any atom is 0.235 e. The molecule has 0 aliphatic carbocycles. The molecule has 2 unspecified atom stereocenters. The van der Waals surface area contributed by atoms with Crippen LogP contribution in [0, 0.1) is 5.92 Å². The fourth-order valence-corrected chi connectivity index (χ4v) is 3.67. The van der Waals surface area contributed by atoms with Crippen molar-refractivity contribution in [1.29, 1.82) is 0 Å². The minimum atomic E-state index is -0.317. The second-order valence-corrected chi connectivity index (χ2v) is 6.95. The maximum atomic E-state index is 12.9. The van der Waals surface area contributed by atoms with Crippen LogP contribution in [0.5, 0.6) is 11.8 Å².